The predicted molar refractivity (Wildman–Crippen MR) is 107 cm³/mol. The lowest BCUT2D eigenvalue weighted by atomic mass is 10.1. The van der Waals surface area contributed by atoms with Crippen molar-refractivity contribution in [2.75, 3.05) is 31.7 Å². The van der Waals surface area contributed by atoms with Crippen molar-refractivity contribution in [2.45, 2.75) is 33.7 Å². The van der Waals surface area contributed by atoms with Crippen molar-refractivity contribution in [1.29, 1.82) is 0 Å². The van der Waals surface area contributed by atoms with Gasteiger partial charge in [-0.3, -0.25) is 0 Å². The van der Waals surface area contributed by atoms with E-state index in [1.807, 2.05) is 43.3 Å². The Balaban J connectivity index is 1.88. The lowest BCUT2D eigenvalue weighted by Crippen LogP contribution is -2.08. The van der Waals surface area contributed by atoms with Crippen LogP contribution in [-0.4, -0.2) is 26.4 Å². The monoisotopic (exact) mass is 357 g/mol. The van der Waals surface area contributed by atoms with Crippen LogP contribution in [0.2, 0.25) is 0 Å². The van der Waals surface area contributed by atoms with E-state index in [2.05, 4.69) is 31.3 Å². The molecule has 142 valence electrons. The highest BCUT2D eigenvalue weighted by Crippen LogP contribution is 2.25. The third-order valence-corrected chi connectivity index (χ3v) is 3.92. The van der Waals surface area contributed by atoms with Gasteiger partial charge in [0.15, 0.2) is 0 Å². The van der Waals surface area contributed by atoms with Crippen molar-refractivity contribution in [3.8, 4) is 11.5 Å². The summed E-state index contributed by atoms with van der Waals surface area (Å²) < 4.78 is 17.0. The van der Waals surface area contributed by atoms with Crippen molar-refractivity contribution in [3.05, 3.63) is 54.1 Å². The van der Waals surface area contributed by atoms with Crippen LogP contribution in [0.15, 0.2) is 48.5 Å². The smallest absolute Gasteiger partial charge is 0.142 e. The molecule has 0 fully saturated rings. The number of hydrogen-bond donors (Lipinski definition) is 1. The molecule has 0 aliphatic carbocycles. The minimum Gasteiger partial charge on any atom is -0.494 e. The third-order valence-electron chi connectivity index (χ3n) is 3.92. The van der Waals surface area contributed by atoms with Crippen molar-refractivity contribution < 1.29 is 14.2 Å². The minimum atomic E-state index is 0.547. The first-order valence-electron chi connectivity index (χ1n) is 9.44. The van der Waals surface area contributed by atoms with Gasteiger partial charge < -0.3 is 19.5 Å². The number of ether oxygens (including phenoxy) is 3. The fourth-order valence-corrected chi connectivity index (χ4v) is 2.45. The number of nitrogens with one attached hydrogen (secondary N) is 1. The van der Waals surface area contributed by atoms with Crippen LogP contribution in [0.3, 0.4) is 0 Å². The molecule has 2 aromatic rings. The molecule has 26 heavy (non-hydrogen) atoms. The zero-order valence-corrected chi connectivity index (χ0v) is 16.2. The molecule has 0 amide bonds. The normalized spacial score (nSPS) is 10.8. The first-order chi connectivity index (χ1) is 12.7. The maximum absolute atomic E-state index is 5.84. The third kappa shape index (κ3) is 7.36. The standard InChI is InChI=1S/C22H31NO3/c1-4-24-14-15-26-22-11-6-5-10-21(22)23-17-19-8-7-9-20(16-19)25-13-12-18(2)3/h5-11,16,18,23H,4,12-15,17H2,1-3H3. The molecule has 0 radical (unpaired) electrons. The summed E-state index contributed by atoms with van der Waals surface area (Å²) in [5.74, 6) is 2.42. The summed E-state index contributed by atoms with van der Waals surface area (Å²) in [6.45, 7) is 9.72. The second kappa shape index (κ2) is 11.4. The van der Waals surface area contributed by atoms with Crippen LogP contribution in [0.4, 0.5) is 5.69 Å². The summed E-state index contributed by atoms with van der Waals surface area (Å²) in [5.41, 5.74) is 2.16. The number of hydrogen-bond acceptors (Lipinski definition) is 4. The fraction of sp³-hybridized carbons (Fsp3) is 0.455. The van der Waals surface area contributed by atoms with Gasteiger partial charge in [-0.1, -0.05) is 38.1 Å². The van der Waals surface area contributed by atoms with Crippen molar-refractivity contribution >= 4 is 5.69 Å². The molecule has 0 spiro atoms. The molecule has 0 saturated carbocycles. The predicted octanol–water partition coefficient (Wildman–Crippen LogP) is 5.14. The van der Waals surface area contributed by atoms with Gasteiger partial charge in [0.1, 0.15) is 18.1 Å². The van der Waals surface area contributed by atoms with Crippen LogP contribution in [0.1, 0.15) is 32.8 Å². The van der Waals surface area contributed by atoms with Crippen LogP contribution < -0.4 is 14.8 Å². The van der Waals surface area contributed by atoms with Gasteiger partial charge in [-0.2, -0.15) is 0 Å². The van der Waals surface area contributed by atoms with E-state index in [0.717, 1.165) is 30.2 Å². The molecule has 0 heterocycles. The molecule has 0 aliphatic heterocycles. The van der Waals surface area contributed by atoms with E-state index < -0.39 is 0 Å². The lowest BCUT2D eigenvalue weighted by Gasteiger charge is -2.14. The molecule has 0 aromatic heterocycles. The number of benzene rings is 2. The van der Waals surface area contributed by atoms with Crippen molar-refractivity contribution in [1.82, 2.24) is 0 Å². The molecule has 1 N–H and O–H groups in total. The van der Waals surface area contributed by atoms with E-state index in [9.17, 15) is 0 Å². The number of anilines is 1. The number of para-hydroxylation sites is 2. The molecule has 0 unspecified atom stereocenters. The molecular weight excluding hydrogens is 326 g/mol. The Morgan fingerprint density at radius 1 is 0.923 bits per heavy atom. The topological polar surface area (TPSA) is 39.7 Å². The first-order valence-corrected chi connectivity index (χ1v) is 9.44. The Labute approximate surface area is 157 Å². The van der Waals surface area contributed by atoms with Gasteiger partial charge in [0.05, 0.1) is 18.9 Å². The molecule has 4 heteroatoms. The van der Waals surface area contributed by atoms with E-state index in [4.69, 9.17) is 14.2 Å². The molecule has 0 saturated heterocycles. The summed E-state index contributed by atoms with van der Waals surface area (Å²) >= 11 is 0. The second-order valence-corrected chi connectivity index (χ2v) is 6.57. The van der Waals surface area contributed by atoms with Crippen LogP contribution >= 0.6 is 0 Å². The first kappa shape index (κ1) is 20.1. The summed E-state index contributed by atoms with van der Waals surface area (Å²) in [5, 5.41) is 3.45. The van der Waals surface area contributed by atoms with E-state index in [1.165, 1.54) is 5.56 Å². The fourth-order valence-electron chi connectivity index (χ4n) is 2.45. The van der Waals surface area contributed by atoms with Gasteiger partial charge in [-0.25, -0.2) is 0 Å². The van der Waals surface area contributed by atoms with Gasteiger partial charge in [-0.05, 0) is 49.1 Å². The summed E-state index contributed by atoms with van der Waals surface area (Å²) in [4.78, 5) is 0. The van der Waals surface area contributed by atoms with Crippen LogP contribution in [0.5, 0.6) is 11.5 Å². The Hall–Kier alpha value is -2.20. The molecular formula is C22H31NO3. The molecule has 0 aliphatic rings. The zero-order valence-electron chi connectivity index (χ0n) is 16.2. The Bertz CT molecular complexity index is 643. The molecule has 0 bridgehead atoms. The highest BCUT2D eigenvalue weighted by atomic mass is 16.5. The largest absolute Gasteiger partial charge is 0.494 e. The average Bonchev–Trinajstić information content (AvgIpc) is 2.64. The van der Waals surface area contributed by atoms with E-state index in [-0.39, 0.29) is 0 Å². The highest BCUT2D eigenvalue weighted by molar-refractivity contribution is 5.56. The van der Waals surface area contributed by atoms with Crippen LogP contribution in [0.25, 0.3) is 0 Å². The van der Waals surface area contributed by atoms with Gasteiger partial charge in [0, 0.05) is 13.2 Å². The van der Waals surface area contributed by atoms with E-state index >= 15 is 0 Å². The zero-order chi connectivity index (χ0) is 18.6. The lowest BCUT2D eigenvalue weighted by molar-refractivity contribution is 0.110. The van der Waals surface area contributed by atoms with E-state index in [1.54, 1.807) is 0 Å². The maximum atomic E-state index is 5.84. The SMILES string of the molecule is CCOCCOc1ccccc1NCc1cccc(OCCC(C)C)c1. The van der Waals surface area contributed by atoms with Crippen LogP contribution in [-0.2, 0) is 11.3 Å². The summed E-state index contributed by atoms with van der Waals surface area (Å²) in [6.07, 6.45) is 1.06. The molecule has 0 atom stereocenters. The second-order valence-electron chi connectivity index (χ2n) is 6.57. The molecule has 2 aromatic carbocycles. The Kier molecular flexibility index (Phi) is 8.84. The Morgan fingerprint density at radius 2 is 1.77 bits per heavy atom. The molecule has 2 rings (SSSR count). The quantitative estimate of drug-likeness (QED) is 0.534. The van der Waals surface area contributed by atoms with Crippen LogP contribution in [0, 0.1) is 5.92 Å². The van der Waals surface area contributed by atoms with Gasteiger partial charge in [-0.15, -0.1) is 0 Å². The van der Waals surface area contributed by atoms with Gasteiger partial charge >= 0.3 is 0 Å². The van der Waals surface area contributed by atoms with E-state index in [0.29, 0.717) is 32.3 Å². The van der Waals surface area contributed by atoms with Crippen molar-refractivity contribution in [3.63, 3.8) is 0 Å². The number of rotatable bonds is 12. The summed E-state index contributed by atoms with van der Waals surface area (Å²) in [6, 6.07) is 16.2. The average molecular weight is 357 g/mol. The summed E-state index contributed by atoms with van der Waals surface area (Å²) in [7, 11) is 0. The Morgan fingerprint density at radius 3 is 2.58 bits per heavy atom. The van der Waals surface area contributed by atoms with Gasteiger partial charge in [0.2, 0.25) is 0 Å². The highest BCUT2D eigenvalue weighted by Gasteiger charge is 2.04. The molecule has 4 nitrogen and oxygen atoms in total. The maximum Gasteiger partial charge on any atom is 0.142 e. The van der Waals surface area contributed by atoms with Crippen molar-refractivity contribution in [2.24, 2.45) is 5.92 Å². The minimum absolute atomic E-state index is 0.547. The van der Waals surface area contributed by atoms with Gasteiger partial charge in [0.25, 0.3) is 0 Å².